The number of benzene rings is 1. The average Bonchev–Trinajstić information content (AvgIpc) is 2.60. The zero-order chi connectivity index (χ0) is 18.6. The fraction of sp³-hybridized carbons (Fsp3) is 0.286. The molecule has 0 unspecified atom stereocenters. The summed E-state index contributed by atoms with van der Waals surface area (Å²) in [4.78, 5) is 13.1. The van der Waals surface area contributed by atoms with E-state index >= 15 is 0 Å². The van der Waals surface area contributed by atoms with Gasteiger partial charge in [-0.2, -0.15) is 4.98 Å². The van der Waals surface area contributed by atoms with Gasteiger partial charge in [0.15, 0.2) is 0 Å². The fourth-order valence-corrected chi connectivity index (χ4v) is 2.59. The largest absolute Gasteiger partial charge is 0.366 e. The number of pyridine rings is 1. The second kappa shape index (κ2) is 7.52. The first-order valence-corrected chi connectivity index (χ1v) is 8.76. The molecule has 0 aliphatic rings. The molecule has 0 aliphatic carbocycles. The number of hydrogen-bond acceptors (Lipinski definition) is 5. The molecule has 2 heterocycles. The lowest BCUT2D eigenvalue weighted by Crippen LogP contribution is -2.10. The molecule has 0 aliphatic heterocycles. The van der Waals surface area contributed by atoms with Gasteiger partial charge in [-0.05, 0) is 47.7 Å². The minimum Gasteiger partial charge on any atom is -0.366 e. The van der Waals surface area contributed by atoms with Gasteiger partial charge in [-0.25, -0.2) is 4.98 Å². The van der Waals surface area contributed by atoms with Crippen LogP contribution >= 0.6 is 0 Å². The molecule has 2 aromatic heterocycles. The van der Waals surface area contributed by atoms with Gasteiger partial charge in [0.1, 0.15) is 5.82 Å². The third-order valence-electron chi connectivity index (χ3n) is 4.08. The second-order valence-corrected chi connectivity index (χ2v) is 7.38. The Balaban J connectivity index is 1.71. The summed E-state index contributed by atoms with van der Waals surface area (Å²) < 4.78 is 0. The molecule has 26 heavy (non-hydrogen) atoms. The standard InChI is InChI=1S/C21H25N5/c1-15-13-19(23-14-16-9-11-22-12-10-16)26-20(24-15)25-18-7-5-17(6-8-18)21(2,3)4/h5-13H,14H2,1-4H3,(H2,23,24,25,26). The molecule has 0 atom stereocenters. The Kier molecular flexibility index (Phi) is 5.16. The first kappa shape index (κ1) is 17.9. The summed E-state index contributed by atoms with van der Waals surface area (Å²) in [7, 11) is 0. The third-order valence-corrected chi connectivity index (χ3v) is 4.08. The van der Waals surface area contributed by atoms with Crippen molar-refractivity contribution in [1.29, 1.82) is 0 Å². The zero-order valence-corrected chi connectivity index (χ0v) is 15.7. The predicted molar refractivity (Wildman–Crippen MR) is 107 cm³/mol. The molecule has 3 aromatic rings. The van der Waals surface area contributed by atoms with Crippen LogP contribution in [0.25, 0.3) is 0 Å². The Labute approximate surface area is 154 Å². The maximum absolute atomic E-state index is 4.57. The summed E-state index contributed by atoms with van der Waals surface area (Å²) in [6.07, 6.45) is 3.58. The van der Waals surface area contributed by atoms with Gasteiger partial charge < -0.3 is 10.6 Å². The van der Waals surface area contributed by atoms with E-state index < -0.39 is 0 Å². The van der Waals surface area contributed by atoms with Crippen molar-refractivity contribution in [1.82, 2.24) is 15.0 Å². The van der Waals surface area contributed by atoms with Crippen LogP contribution < -0.4 is 10.6 Å². The quantitative estimate of drug-likeness (QED) is 0.692. The van der Waals surface area contributed by atoms with E-state index in [2.05, 4.69) is 70.6 Å². The summed E-state index contributed by atoms with van der Waals surface area (Å²) in [5, 5.41) is 6.63. The number of anilines is 3. The Morgan fingerprint density at radius 2 is 1.62 bits per heavy atom. The highest BCUT2D eigenvalue weighted by atomic mass is 15.1. The number of nitrogens with one attached hydrogen (secondary N) is 2. The number of aromatic nitrogens is 3. The summed E-state index contributed by atoms with van der Waals surface area (Å²) in [5.41, 5.74) is 4.48. The van der Waals surface area contributed by atoms with E-state index in [0.717, 1.165) is 22.8 Å². The highest BCUT2D eigenvalue weighted by Gasteiger charge is 2.13. The van der Waals surface area contributed by atoms with Gasteiger partial charge in [0, 0.05) is 36.4 Å². The number of aryl methyl sites for hydroxylation is 1. The van der Waals surface area contributed by atoms with E-state index in [1.54, 1.807) is 12.4 Å². The Bertz CT molecular complexity index is 852. The smallest absolute Gasteiger partial charge is 0.229 e. The first-order valence-electron chi connectivity index (χ1n) is 8.76. The van der Waals surface area contributed by atoms with Crippen molar-refractivity contribution in [2.45, 2.75) is 39.7 Å². The predicted octanol–water partition coefficient (Wildman–Crippen LogP) is 4.83. The highest BCUT2D eigenvalue weighted by molar-refractivity contribution is 5.56. The molecule has 0 saturated heterocycles. The van der Waals surface area contributed by atoms with Crippen LogP contribution in [0.1, 0.15) is 37.6 Å². The summed E-state index contributed by atoms with van der Waals surface area (Å²) in [5.74, 6) is 1.38. The van der Waals surface area contributed by atoms with Crippen molar-refractivity contribution >= 4 is 17.5 Å². The molecule has 0 radical (unpaired) electrons. The van der Waals surface area contributed by atoms with Crippen LogP contribution in [0.3, 0.4) is 0 Å². The minimum atomic E-state index is 0.141. The van der Waals surface area contributed by atoms with E-state index in [1.807, 2.05) is 25.1 Å². The molecule has 0 fully saturated rings. The van der Waals surface area contributed by atoms with E-state index in [-0.39, 0.29) is 5.41 Å². The van der Waals surface area contributed by atoms with Crippen molar-refractivity contribution in [3.05, 3.63) is 71.7 Å². The molecule has 0 spiro atoms. The van der Waals surface area contributed by atoms with Crippen LogP contribution in [-0.4, -0.2) is 15.0 Å². The van der Waals surface area contributed by atoms with E-state index in [9.17, 15) is 0 Å². The maximum Gasteiger partial charge on any atom is 0.229 e. The van der Waals surface area contributed by atoms with Crippen molar-refractivity contribution in [3.63, 3.8) is 0 Å². The molecule has 0 bridgehead atoms. The van der Waals surface area contributed by atoms with Crippen molar-refractivity contribution in [2.24, 2.45) is 0 Å². The van der Waals surface area contributed by atoms with Gasteiger partial charge in [0.05, 0.1) is 0 Å². The number of hydrogen-bond donors (Lipinski definition) is 2. The molecule has 2 N–H and O–H groups in total. The summed E-state index contributed by atoms with van der Waals surface area (Å²) in [6.45, 7) is 9.28. The first-order chi connectivity index (χ1) is 12.4. The van der Waals surface area contributed by atoms with Gasteiger partial charge in [-0.1, -0.05) is 32.9 Å². The molecule has 134 valence electrons. The number of rotatable bonds is 5. The maximum atomic E-state index is 4.57. The Morgan fingerprint density at radius 1 is 0.923 bits per heavy atom. The number of nitrogens with zero attached hydrogens (tertiary/aromatic N) is 3. The lowest BCUT2D eigenvalue weighted by molar-refractivity contribution is 0.590. The van der Waals surface area contributed by atoms with Crippen LogP contribution in [0.5, 0.6) is 0 Å². The lowest BCUT2D eigenvalue weighted by atomic mass is 9.87. The monoisotopic (exact) mass is 347 g/mol. The topological polar surface area (TPSA) is 62.7 Å². The van der Waals surface area contributed by atoms with Crippen LogP contribution in [0.4, 0.5) is 17.5 Å². The van der Waals surface area contributed by atoms with Crippen molar-refractivity contribution < 1.29 is 0 Å². The normalized spacial score (nSPS) is 11.2. The Morgan fingerprint density at radius 3 is 2.27 bits per heavy atom. The summed E-state index contributed by atoms with van der Waals surface area (Å²) in [6, 6.07) is 14.3. The molecule has 0 saturated carbocycles. The van der Waals surface area contributed by atoms with E-state index in [1.165, 1.54) is 5.56 Å². The minimum absolute atomic E-state index is 0.141. The van der Waals surface area contributed by atoms with Crippen LogP contribution in [0.15, 0.2) is 54.9 Å². The molecule has 1 aromatic carbocycles. The third kappa shape index (κ3) is 4.79. The van der Waals surface area contributed by atoms with Crippen molar-refractivity contribution in [2.75, 3.05) is 10.6 Å². The lowest BCUT2D eigenvalue weighted by Gasteiger charge is -2.19. The molecular weight excluding hydrogens is 322 g/mol. The van der Waals surface area contributed by atoms with Gasteiger partial charge >= 0.3 is 0 Å². The zero-order valence-electron chi connectivity index (χ0n) is 15.7. The SMILES string of the molecule is Cc1cc(NCc2ccncc2)nc(Nc2ccc(C(C)(C)C)cc2)n1. The van der Waals surface area contributed by atoms with Gasteiger partial charge in [-0.15, -0.1) is 0 Å². The van der Waals surface area contributed by atoms with Crippen LogP contribution in [0.2, 0.25) is 0 Å². The van der Waals surface area contributed by atoms with Gasteiger partial charge in [-0.3, -0.25) is 4.98 Å². The van der Waals surface area contributed by atoms with Gasteiger partial charge in [0.2, 0.25) is 5.95 Å². The molecule has 5 nitrogen and oxygen atoms in total. The summed E-state index contributed by atoms with van der Waals surface area (Å²) >= 11 is 0. The highest BCUT2D eigenvalue weighted by Crippen LogP contribution is 2.24. The van der Waals surface area contributed by atoms with Crippen LogP contribution in [0, 0.1) is 6.92 Å². The molecular formula is C21H25N5. The second-order valence-electron chi connectivity index (χ2n) is 7.38. The Hall–Kier alpha value is -2.95. The molecule has 3 rings (SSSR count). The van der Waals surface area contributed by atoms with Crippen LogP contribution in [-0.2, 0) is 12.0 Å². The van der Waals surface area contributed by atoms with Crippen molar-refractivity contribution in [3.8, 4) is 0 Å². The molecule has 0 amide bonds. The van der Waals surface area contributed by atoms with E-state index in [4.69, 9.17) is 0 Å². The fourth-order valence-electron chi connectivity index (χ4n) is 2.59. The van der Waals surface area contributed by atoms with E-state index in [0.29, 0.717) is 12.5 Å². The molecule has 5 heteroatoms. The average molecular weight is 347 g/mol. The van der Waals surface area contributed by atoms with Gasteiger partial charge in [0.25, 0.3) is 0 Å².